The highest BCUT2D eigenvalue weighted by Gasteiger charge is 2.07. The fourth-order valence-electron chi connectivity index (χ4n) is 1.36. The van der Waals surface area contributed by atoms with Crippen LogP contribution in [0.15, 0.2) is 22.7 Å². The summed E-state index contributed by atoms with van der Waals surface area (Å²) < 4.78 is 24.6. The average Bonchev–Trinajstić information content (AvgIpc) is 2.56. The summed E-state index contributed by atoms with van der Waals surface area (Å²) in [5, 5.41) is 7.89. The molecule has 0 aliphatic heterocycles. The van der Waals surface area contributed by atoms with Gasteiger partial charge in [0.2, 0.25) is 0 Å². The molecule has 0 fully saturated rings. The van der Waals surface area contributed by atoms with Gasteiger partial charge in [0.1, 0.15) is 15.4 Å². The molecule has 0 radical (unpaired) electrons. The lowest BCUT2D eigenvalue weighted by Gasteiger charge is -2.00. The Kier molecular flexibility index (Phi) is 2.98. The third-order valence-corrected chi connectivity index (χ3v) is 3.57. The van der Waals surface area contributed by atoms with Gasteiger partial charge in [-0.2, -0.15) is 0 Å². The monoisotopic (exact) mass is 303 g/mol. The quantitative estimate of drug-likeness (QED) is 0.856. The van der Waals surface area contributed by atoms with Crippen LogP contribution in [-0.2, 0) is 16.4 Å². The lowest BCUT2D eigenvalue weighted by Crippen LogP contribution is -2.12. The van der Waals surface area contributed by atoms with Gasteiger partial charge < -0.3 is 0 Å². The van der Waals surface area contributed by atoms with Crippen LogP contribution < -0.4 is 0 Å². The Morgan fingerprint density at radius 2 is 2.19 bits per heavy atom. The van der Waals surface area contributed by atoms with E-state index >= 15 is 0 Å². The molecule has 5 nitrogen and oxygen atoms in total. The average molecular weight is 304 g/mol. The molecule has 0 saturated carbocycles. The standard InChI is InChI=1S/C9H10BrN3O2S/c1-16(14,15)5-4-13-9-3-2-7(10)6-8(9)11-12-13/h2-3,6H,4-5H2,1H3. The number of rotatable bonds is 3. The van der Waals surface area contributed by atoms with Crippen molar-refractivity contribution < 1.29 is 8.42 Å². The molecule has 0 spiro atoms. The van der Waals surface area contributed by atoms with Gasteiger partial charge in [0.25, 0.3) is 0 Å². The third kappa shape index (κ3) is 2.59. The Labute approximate surface area is 101 Å². The Hall–Kier alpha value is -0.950. The van der Waals surface area contributed by atoms with E-state index < -0.39 is 9.84 Å². The van der Waals surface area contributed by atoms with Gasteiger partial charge in [-0.05, 0) is 18.2 Å². The number of fused-ring (bicyclic) bond motifs is 1. The summed E-state index contributed by atoms with van der Waals surface area (Å²) in [6.45, 7) is 0.330. The molecule has 1 aromatic carbocycles. The van der Waals surface area contributed by atoms with E-state index in [1.165, 1.54) is 6.26 Å². The first-order valence-electron chi connectivity index (χ1n) is 4.62. The Morgan fingerprint density at radius 1 is 1.44 bits per heavy atom. The summed E-state index contributed by atoms with van der Waals surface area (Å²) >= 11 is 3.34. The molecule has 0 saturated heterocycles. The molecular formula is C9H10BrN3O2S. The molecule has 0 aliphatic carbocycles. The Morgan fingerprint density at radius 3 is 2.88 bits per heavy atom. The predicted octanol–water partition coefficient (Wildman–Crippen LogP) is 1.24. The minimum atomic E-state index is -2.97. The molecule has 16 heavy (non-hydrogen) atoms. The molecule has 1 aromatic heterocycles. The summed E-state index contributed by atoms with van der Waals surface area (Å²) in [5.74, 6) is 0.0710. The van der Waals surface area contributed by atoms with E-state index in [9.17, 15) is 8.42 Å². The topological polar surface area (TPSA) is 64.8 Å². The summed E-state index contributed by atoms with van der Waals surface area (Å²) in [7, 11) is -2.97. The molecule has 7 heteroatoms. The summed E-state index contributed by atoms with van der Waals surface area (Å²) in [5.41, 5.74) is 1.59. The van der Waals surface area contributed by atoms with Gasteiger partial charge in [-0.3, -0.25) is 0 Å². The zero-order chi connectivity index (χ0) is 11.8. The lowest BCUT2D eigenvalue weighted by molar-refractivity contribution is 0.585. The van der Waals surface area contributed by atoms with Crippen LogP contribution in [0.1, 0.15) is 0 Å². The van der Waals surface area contributed by atoms with Crippen molar-refractivity contribution in [1.29, 1.82) is 0 Å². The van der Waals surface area contributed by atoms with Crippen molar-refractivity contribution in [2.45, 2.75) is 6.54 Å². The van der Waals surface area contributed by atoms with E-state index in [4.69, 9.17) is 0 Å². The van der Waals surface area contributed by atoms with Crippen molar-refractivity contribution in [2.75, 3.05) is 12.0 Å². The van der Waals surface area contributed by atoms with Gasteiger partial charge in [-0.1, -0.05) is 21.1 Å². The Balaban J connectivity index is 2.32. The second kappa shape index (κ2) is 4.14. The Bertz CT molecular complexity index is 621. The van der Waals surface area contributed by atoms with Crippen LogP contribution >= 0.6 is 15.9 Å². The van der Waals surface area contributed by atoms with Gasteiger partial charge in [-0.15, -0.1) is 5.10 Å². The first-order valence-corrected chi connectivity index (χ1v) is 7.47. The van der Waals surface area contributed by atoms with Gasteiger partial charge >= 0.3 is 0 Å². The van der Waals surface area contributed by atoms with Crippen molar-refractivity contribution in [1.82, 2.24) is 15.0 Å². The molecule has 2 rings (SSSR count). The molecular weight excluding hydrogens is 294 g/mol. The largest absolute Gasteiger partial charge is 0.244 e. The number of aryl methyl sites for hydroxylation is 1. The summed E-state index contributed by atoms with van der Waals surface area (Å²) in [6.07, 6.45) is 1.21. The lowest BCUT2D eigenvalue weighted by atomic mass is 10.3. The summed E-state index contributed by atoms with van der Waals surface area (Å²) in [6, 6.07) is 5.59. The number of halogens is 1. The molecule has 0 bridgehead atoms. The minimum absolute atomic E-state index is 0.0710. The SMILES string of the molecule is CS(=O)(=O)CCn1nnc2cc(Br)ccc21. The fraction of sp³-hybridized carbons (Fsp3) is 0.333. The molecule has 0 atom stereocenters. The number of nitrogens with zero attached hydrogens (tertiary/aromatic N) is 3. The molecule has 86 valence electrons. The van der Waals surface area contributed by atoms with Crippen molar-refractivity contribution >= 4 is 36.8 Å². The molecule has 0 amide bonds. The van der Waals surface area contributed by atoms with Crippen molar-refractivity contribution in [3.63, 3.8) is 0 Å². The first kappa shape index (κ1) is 11.5. The van der Waals surface area contributed by atoms with E-state index in [1.807, 2.05) is 18.2 Å². The number of benzene rings is 1. The van der Waals surface area contributed by atoms with Crippen LogP contribution in [0, 0.1) is 0 Å². The zero-order valence-corrected chi connectivity index (χ0v) is 11.0. The van der Waals surface area contributed by atoms with E-state index in [1.54, 1.807) is 4.68 Å². The van der Waals surface area contributed by atoms with E-state index in [2.05, 4.69) is 26.2 Å². The van der Waals surface area contributed by atoms with E-state index in [0.717, 1.165) is 15.5 Å². The zero-order valence-electron chi connectivity index (χ0n) is 8.59. The highest BCUT2D eigenvalue weighted by atomic mass is 79.9. The van der Waals surface area contributed by atoms with Gasteiger partial charge in [0, 0.05) is 10.7 Å². The van der Waals surface area contributed by atoms with Crippen LogP contribution in [0.5, 0.6) is 0 Å². The molecule has 1 heterocycles. The number of hydrogen-bond donors (Lipinski definition) is 0. The predicted molar refractivity (Wildman–Crippen MR) is 64.9 cm³/mol. The third-order valence-electron chi connectivity index (χ3n) is 2.15. The number of aromatic nitrogens is 3. The maximum atomic E-state index is 11.0. The highest BCUT2D eigenvalue weighted by molar-refractivity contribution is 9.10. The van der Waals surface area contributed by atoms with Gasteiger partial charge in [0.05, 0.1) is 17.8 Å². The number of sulfone groups is 1. The van der Waals surface area contributed by atoms with Crippen molar-refractivity contribution in [3.05, 3.63) is 22.7 Å². The van der Waals surface area contributed by atoms with Crippen LogP contribution in [-0.4, -0.2) is 35.4 Å². The van der Waals surface area contributed by atoms with E-state index in [-0.39, 0.29) is 5.75 Å². The van der Waals surface area contributed by atoms with Crippen LogP contribution in [0.4, 0.5) is 0 Å². The first-order chi connectivity index (χ1) is 7.46. The molecule has 2 aromatic rings. The van der Waals surface area contributed by atoms with Crippen LogP contribution in [0.25, 0.3) is 11.0 Å². The maximum absolute atomic E-state index is 11.0. The van der Waals surface area contributed by atoms with Crippen LogP contribution in [0.2, 0.25) is 0 Å². The minimum Gasteiger partial charge on any atom is -0.244 e. The molecule has 0 aliphatic rings. The summed E-state index contributed by atoms with van der Waals surface area (Å²) in [4.78, 5) is 0. The smallest absolute Gasteiger partial charge is 0.149 e. The second-order valence-corrected chi connectivity index (χ2v) is 6.75. The highest BCUT2D eigenvalue weighted by Crippen LogP contribution is 2.17. The maximum Gasteiger partial charge on any atom is 0.149 e. The van der Waals surface area contributed by atoms with Gasteiger partial charge in [-0.25, -0.2) is 13.1 Å². The fourth-order valence-corrected chi connectivity index (χ4v) is 2.22. The second-order valence-electron chi connectivity index (χ2n) is 3.58. The normalized spacial score (nSPS) is 12.1. The van der Waals surface area contributed by atoms with Crippen molar-refractivity contribution in [2.24, 2.45) is 0 Å². The van der Waals surface area contributed by atoms with E-state index in [0.29, 0.717) is 6.54 Å². The van der Waals surface area contributed by atoms with Gasteiger partial charge in [0.15, 0.2) is 0 Å². The molecule has 0 N–H and O–H groups in total. The molecule has 0 unspecified atom stereocenters. The van der Waals surface area contributed by atoms with Crippen molar-refractivity contribution in [3.8, 4) is 0 Å². The van der Waals surface area contributed by atoms with Crippen LogP contribution in [0.3, 0.4) is 0 Å². The number of hydrogen-bond acceptors (Lipinski definition) is 4.